The first-order chi connectivity index (χ1) is 8.63. The van der Waals surface area contributed by atoms with Crippen LogP contribution in [0.4, 0.5) is 5.69 Å². The van der Waals surface area contributed by atoms with Gasteiger partial charge in [0.2, 0.25) is 0 Å². The predicted molar refractivity (Wildman–Crippen MR) is 74.7 cm³/mol. The largest absolute Gasteiger partial charge is 0.384 e. The number of nitrogens with zero attached hydrogens (tertiary/aromatic N) is 1. The highest BCUT2D eigenvalue weighted by atomic mass is 35.5. The number of benzene rings is 1. The third kappa shape index (κ3) is 2.60. The maximum Gasteiger partial charge on any atom is 0.124 e. The van der Waals surface area contributed by atoms with Crippen LogP contribution in [0.2, 0.25) is 5.02 Å². The summed E-state index contributed by atoms with van der Waals surface area (Å²) < 4.78 is 5.50. The lowest BCUT2D eigenvalue weighted by Crippen LogP contribution is -2.46. The molecular weight excluding hydrogens is 250 g/mol. The van der Waals surface area contributed by atoms with Gasteiger partial charge in [-0.1, -0.05) is 18.5 Å². The lowest BCUT2D eigenvalue weighted by atomic mass is 10.1. The minimum atomic E-state index is 0.0722. The number of hydrogen-bond acceptors (Lipinski definition) is 3. The Morgan fingerprint density at radius 1 is 1.61 bits per heavy atom. The summed E-state index contributed by atoms with van der Waals surface area (Å²) in [6.07, 6.45) is 0.990. The van der Waals surface area contributed by atoms with Gasteiger partial charge >= 0.3 is 0 Å². The number of morpholine rings is 1. The molecule has 0 spiro atoms. The summed E-state index contributed by atoms with van der Waals surface area (Å²) >= 11 is 6.06. The van der Waals surface area contributed by atoms with Gasteiger partial charge in [-0.05, 0) is 24.6 Å². The fourth-order valence-electron chi connectivity index (χ4n) is 2.28. The Kier molecular flexibility index (Phi) is 4.09. The SMILES string of the molecule is CCC1COCCN1c1cc(Cl)ccc1C(=N)N. The van der Waals surface area contributed by atoms with Gasteiger partial charge in [0, 0.05) is 22.8 Å². The second-order valence-electron chi connectivity index (χ2n) is 4.41. The van der Waals surface area contributed by atoms with E-state index in [0.717, 1.165) is 24.2 Å². The van der Waals surface area contributed by atoms with Crippen molar-refractivity contribution in [1.82, 2.24) is 0 Å². The molecular formula is C13H18ClN3O. The first kappa shape index (κ1) is 13.2. The highest BCUT2D eigenvalue weighted by Gasteiger charge is 2.24. The molecule has 5 heteroatoms. The van der Waals surface area contributed by atoms with E-state index < -0.39 is 0 Å². The van der Waals surface area contributed by atoms with Gasteiger partial charge < -0.3 is 15.4 Å². The molecule has 0 bridgehead atoms. The van der Waals surface area contributed by atoms with Crippen LogP contribution in [0.3, 0.4) is 0 Å². The van der Waals surface area contributed by atoms with Crippen LogP contribution in [0, 0.1) is 5.41 Å². The molecule has 1 atom stereocenters. The highest BCUT2D eigenvalue weighted by Crippen LogP contribution is 2.28. The Bertz CT molecular complexity index is 450. The molecule has 98 valence electrons. The van der Waals surface area contributed by atoms with Crippen molar-refractivity contribution in [3.8, 4) is 0 Å². The maximum atomic E-state index is 7.67. The van der Waals surface area contributed by atoms with Gasteiger partial charge in [-0.2, -0.15) is 0 Å². The number of nitrogens with one attached hydrogen (secondary N) is 1. The number of anilines is 1. The van der Waals surface area contributed by atoms with Gasteiger partial charge in [-0.15, -0.1) is 0 Å². The Labute approximate surface area is 112 Å². The first-order valence-electron chi connectivity index (χ1n) is 6.11. The Balaban J connectivity index is 2.41. The summed E-state index contributed by atoms with van der Waals surface area (Å²) in [5.41, 5.74) is 7.31. The zero-order chi connectivity index (χ0) is 13.1. The zero-order valence-electron chi connectivity index (χ0n) is 10.4. The van der Waals surface area contributed by atoms with Crippen molar-refractivity contribution in [3.63, 3.8) is 0 Å². The van der Waals surface area contributed by atoms with Crippen LogP contribution in [-0.4, -0.2) is 31.6 Å². The van der Waals surface area contributed by atoms with Gasteiger partial charge in [0.15, 0.2) is 0 Å². The van der Waals surface area contributed by atoms with Crippen molar-refractivity contribution in [1.29, 1.82) is 5.41 Å². The van der Waals surface area contributed by atoms with Crippen LogP contribution < -0.4 is 10.6 Å². The summed E-state index contributed by atoms with van der Waals surface area (Å²) in [5, 5.41) is 8.33. The minimum absolute atomic E-state index is 0.0722. The van der Waals surface area contributed by atoms with Crippen LogP contribution in [0.15, 0.2) is 18.2 Å². The third-order valence-corrected chi connectivity index (χ3v) is 3.49. The number of nitrogens with two attached hydrogens (primary N) is 1. The molecule has 0 saturated carbocycles. The standard InChI is InChI=1S/C13H18ClN3O/c1-2-10-8-18-6-5-17(10)12-7-9(14)3-4-11(12)13(15)16/h3-4,7,10H,2,5-6,8H2,1H3,(H3,15,16). The van der Waals surface area contributed by atoms with Crippen molar-refractivity contribution in [2.45, 2.75) is 19.4 Å². The fourth-order valence-corrected chi connectivity index (χ4v) is 2.45. The molecule has 1 fully saturated rings. The van der Waals surface area contributed by atoms with E-state index in [0.29, 0.717) is 24.3 Å². The Hall–Kier alpha value is -1.26. The lowest BCUT2D eigenvalue weighted by molar-refractivity contribution is 0.0930. The minimum Gasteiger partial charge on any atom is -0.384 e. The monoisotopic (exact) mass is 267 g/mol. The lowest BCUT2D eigenvalue weighted by Gasteiger charge is -2.38. The van der Waals surface area contributed by atoms with E-state index >= 15 is 0 Å². The van der Waals surface area contributed by atoms with Crippen molar-refractivity contribution in [2.75, 3.05) is 24.7 Å². The average molecular weight is 268 g/mol. The van der Waals surface area contributed by atoms with Crippen LogP contribution >= 0.6 is 11.6 Å². The molecule has 0 radical (unpaired) electrons. The van der Waals surface area contributed by atoms with Crippen molar-refractivity contribution in [3.05, 3.63) is 28.8 Å². The van der Waals surface area contributed by atoms with E-state index in [-0.39, 0.29) is 5.84 Å². The van der Waals surface area contributed by atoms with Crippen LogP contribution in [-0.2, 0) is 4.74 Å². The Morgan fingerprint density at radius 3 is 3.06 bits per heavy atom. The molecule has 18 heavy (non-hydrogen) atoms. The first-order valence-corrected chi connectivity index (χ1v) is 6.49. The zero-order valence-corrected chi connectivity index (χ0v) is 11.2. The van der Waals surface area contributed by atoms with E-state index in [1.165, 1.54) is 0 Å². The summed E-state index contributed by atoms with van der Waals surface area (Å²) in [6.45, 7) is 4.34. The maximum absolute atomic E-state index is 7.67. The highest BCUT2D eigenvalue weighted by molar-refractivity contribution is 6.31. The van der Waals surface area contributed by atoms with Crippen molar-refractivity contribution in [2.24, 2.45) is 5.73 Å². The van der Waals surface area contributed by atoms with Gasteiger partial charge in [0.1, 0.15) is 5.84 Å². The van der Waals surface area contributed by atoms with E-state index in [9.17, 15) is 0 Å². The van der Waals surface area contributed by atoms with Crippen molar-refractivity contribution >= 4 is 23.1 Å². The van der Waals surface area contributed by atoms with E-state index in [2.05, 4.69) is 11.8 Å². The number of rotatable bonds is 3. The summed E-state index contributed by atoms with van der Waals surface area (Å²) in [7, 11) is 0. The molecule has 4 nitrogen and oxygen atoms in total. The van der Waals surface area contributed by atoms with Crippen LogP contribution in [0.25, 0.3) is 0 Å². The topological polar surface area (TPSA) is 62.3 Å². The molecule has 1 unspecified atom stereocenters. The van der Waals surface area contributed by atoms with Gasteiger partial charge in [0.05, 0.1) is 19.3 Å². The molecule has 0 amide bonds. The number of hydrogen-bond donors (Lipinski definition) is 2. The second-order valence-corrected chi connectivity index (χ2v) is 4.84. The Morgan fingerprint density at radius 2 is 2.39 bits per heavy atom. The molecule has 1 heterocycles. The van der Waals surface area contributed by atoms with E-state index in [1.807, 2.05) is 12.1 Å². The number of ether oxygens (including phenoxy) is 1. The fraction of sp³-hybridized carbons (Fsp3) is 0.462. The number of nitrogen functional groups attached to an aromatic ring is 1. The third-order valence-electron chi connectivity index (χ3n) is 3.26. The molecule has 1 saturated heterocycles. The van der Waals surface area contributed by atoms with E-state index in [1.54, 1.807) is 6.07 Å². The number of amidine groups is 1. The summed E-state index contributed by atoms with van der Waals surface area (Å²) in [4.78, 5) is 2.24. The smallest absolute Gasteiger partial charge is 0.124 e. The molecule has 1 aliphatic rings. The normalized spacial score (nSPS) is 19.9. The quantitative estimate of drug-likeness (QED) is 0.652. The molecule has 0 aromatic heterocycles. The van der Waals surface area contributed by atoms with E-state index in [4.69, 9.17) is 27.5 Å². The second kappa shape index (κ2) is 5.59. The molecule has 1 aliphatic heterocycles. The molecule has 1 aromatic rings. The molecule has 3 N–H and O–H groups in total. The van der Waals surface area contributed by atoms with Crippen molar-refractivity contribution < 1.29 is 4.74 Å². The molecule has 2 rings (SSSR count). The molecule has 1 aromatic carbocycles. The van der Waals surface area contributed by atoms with Gasteiger partial charge in [-0.25, -0.2) is 0 Å². The summed E-state index contributed by atoms with van der Waals surface area (Å²) in [5.74, 6) is 0.0722. The summed E-state index contributed by atoms with van der Waals surface area (Å²) in [6, 6.07) is 5.77. The van der Waals surface area contributed by atoms with Gasteiger partial charge in [0.25, 0.3) is 0 Å². The average Bonchev–Trinajstić information content (AvgIpc) is 2.38. The molecule has 0 aliphatic carbocycles. The predicted octanol–water partition coefficient (Wildman–Crippen LogP) is 2.24. The van der Waals surface area contributed by atoms with Crippen LogP contribution in [0.1, 0.15) is 18.9 Å². The number of halogens is 1. The van der Waals surface area contributed by atoms with Gasteiger partial charge in [-0.3, -0.25) is 5.41 Å². The van der Waals surface area contributed by atoms with Crippen LogP contribution in [0.5, 0.6) is 0 Å².